The Morgan fingerprint density at radius 3 is 2.45 bits per heavy atom. The van der Waals surface area contributed by atoms with E-state index in [2.05, 4.69) is 5.32 Å². The van der Waals surface area contributed by atoms with E-state index in [0.717, 1.165) is 6.42 Å². The molecule has 116 valence electrons. The molecule has 2 aromatic carbocycles. The van der Waals surface area contributed by atoms with Gasteiger partial charge in [-0.3, -0.25) is 4.79 Å². The van der Waals surface area contributed by atoms with Crippen LogP contribution < -0.4 is 10.1 Å². The molecule has 0 radical (unpaired) electrons. The van der Waals surface area contributed by atoms with Crippen molar-refractivity contribution in [1.82, 2.24) is 5.32 Å². The molecule has 2 rings (SSSR count). The predicted octanol–water partition coefficient (Wildman–Crippen LogP) is 3.34. The Labute approximate surface area is 130 Å². The SMILES string of the molecule is CC[C@@H](Oc1ccc(F)cc1)C(=O)NCCc1ccccc1. The van der Waals surface area contributed by atoms with Crippen LogP contribution in [0.4, 0.5) is 4.39 Å². The van der Waals surface area contributed by atoms with E-state index < -0.39 is 6.10 Å². The second-order valence-electron chi connectivity index (χ2n) is 5.00. The Kier molecular flexibility index (Phi) is 5.95. The summed E-state index contributed by atoms with van der Waals surface area (Å²) in [5.74, 6) is 0.0157. The molecule has 4 heteroatoms. The quantitative estimate of drug-likeness (QED) is 0.852. The summed E-state index contributed by atoms with van der Waals surface area (Å²) >= 11 is 0. The molecule has 0 fully saturated rings. The molecule has 0 heterocycles. The van der Waals surface area contributed by atoms with E-state index in [1.54, 1.807) is 0 Å². The van der Waals surface area contributed by atoms with Crippen LogP contribution in [-0.2, 0) is 11.2 Å². The Bertz CT molecular complexity index is 584. The molecule has 22 heavy (non-hydrogen) atoms. The van der Waals surface area contributed by atoms with E-state index in [-0.39, 0.29) is 11.7 Å². The summed E-state index contributed by atoms with van der Waals surface area (Å²) in [6, 6.07) is 15.6. The summed E-state index contributed by atoms with van der Waals surface area (Å²) in [6.45, 7) is 2.44. The van der Waals surface area contributed by atoms with Gasteiger partial charge in [0.2, 0.25) is 0 Å². The van der Waals surface area contributed by atoms with Crippen molar-refractivity contribution < 1.29 is 13.9 Å². The Hall–Kier alpha value is -2.36. The molecule has 0 aliphatic rings. The summed E-state index contributed by atoms with van der Waals surface area (Å²) in [7, 11) is 0. The average molecular weight is 301 g/mol. The lowest BCUT2D eigenvalue weighted by atomic mass is 10.1. The minimum Gasteiger partial charge on any atom is -0.481 e. The van der Waals surface area contributed by atoms with Crippen LogP contribution in [-0.4, -0.2) is 18.6 Å². The zero-order chi connectivity index (χ0) is 15.8. The number of ether oxygens (including phenoxy) is 1. The molecule has 3 nitrogen and oxygen atoms in total. The van der Waals surface area contributed by atoms with Gasteiger partial charge in [0.1, 0.15) is 11.6 Å². The van der Waals surface area contributed by atoms with E-state index in [9.17, 15) is 9.18 Å². The first-order valence-corrected chi connectivity index (χ1v) is 7.43. The fourth-order valence-electron chi connectivity index (χ4n) is 2.09. The summed E-state index contributed by atoms with van der Waals surface area (Å²) in [4.78, 5) is 12.1. The fraction of sp³-hybridized carbons (Fsp3) is 0.278. The highest BCUT2D eigenvalue weighted by Crippen LogP contribution is 2.14. The van der Waals surface area contributed by atoms with Crippen molar-refractivity contribution >= 4 is 5.91 Å². The van der Waals surface area contributed by atoms with Crippen molar-refractivity contribution in [1.29, 1.82) is 0 Å². The van der Waals surface area contributed by atoms with Crippen LogP contribution in [0.15, 0.2) is 54.6 Å². The number of hydrogen-bond donors (Lipinski definition) is 1. The standard InChI is InChI=1S/C18H20FNO2/c1-2-17(22-16-10-8-15(19)9-11-16)18(21)20-13-12-14-6-4-3-5-7-14/h3-11,17H,2,12-13H2,1H3,(H,20,21)/t17-/m1/s1. The summed E-state index contributed by atoms with van der Waals surface area (Å²) in [6.07, 6.45) is 0.759. The second kappa shape index (κ2) is 8.17. The molecule has 0 saturated heterocycles. The van der Waals surface area contributed by atoms with E-state index in [1.807, 2.05) is 37.3 Å². The Balaban J connectivity index is 1.82. The van der Waals surface area contributed by atoms with Gasteiger partial charge in [0, 0.05) is 6.54 Å². The van der Waals surface area contributed by atoms with Gasteiger partial charge in [-0.25, -0.2) is 4.39 Å². The molecule has 0 aromatic heterocycles. The molecule has 1 atom stereocenters. The van der Waals surface area contributed by atoms with E-state index in [1.165, 1.54) is 29.8 Å². The van der Waals surface area contributed by atoms with Crippen LogP contribution in [0.2, 0.25) is 0 Å². The van der Waals surface area contributed by atoms with Crippen molar-refractivity contribution in [2.24, 2.45) is 0 Å². The molecule has 0 saturated carbocycles. The Morgan fingerprint density at radius 1 is 1.14 bits per heavy atom. The van der Waals surface area contributed by atoms with Crippen LogP contribution >= 0.6 is 0 Å². The largest absolute Gasteiger partial charge is 0.481 e. The number of carbonyl (C=O) groups excluding carboxylic acids is 1. The predicted molar refractivity (Wildman–Crippen MR) is 84.3 cm³/mol. The highest BCUT2D eigenvalue weighted by molar-refractivity contribution is 5.81. The maximum absolute atomic E-state index is 12.9. The minimum atomic E-state index is -0.568. The van der Waals surface area contributed by atoms with Crippen molar-refractivity contribution in [3.8, 4) is 5.75 Å². The summed E-state index contributed by atoms with van der Waals surface area (Å²) in [5, 5.41) is 2.88. The molecule has 0 aliphatic heterocycles. The van der Waals surface area contributed by atoms with E-state index in [0.29, 0.717) is 18.7 Å². The number of rotatable bonds is 7. The Morgan fingerprint density at radius 2 is 1.82 bits per heavy atom. The molecular weight excluding hydrogens is 281 g/mol. The molecule has 1 N–H and O–H groups in total. The van der Waals surface area contributed by atoms with E-state index >= 15 is 0 Å². The van der Waals surface area contributed by atoms with Crippen LogP contribution in [0.25, 0.3) is 0 Å². The molecule has 0 aliphatic carbocycles. The lowest BCUT2D eigenvalue weighted by molar-refractivity contribution is -0.128. The smallest absolute Gasteiger partial charge is 0.261 e. The third kappa shape index (κ3) is 4.88. The number of benzene rings is 2. The van der Waals surface area contributed by atoms with Gasteiger partial charge in [-0.05, 0) is 42.7 Å². The number of carbonyl (C=O) groups is 1. The van der Waals surface area contributed by atoms with Crippen molar-refractivity contribution in [3.63, 3.8) is 0 Å². The van der Waals surface area contributed by atoms with Gasteiger partial charge in [0.05, 0.1) is 0 Å². The lowest BCUT2D eigenvalue weighted by Gasteiger charge is -2.17. The van der Waals surface area contributed by atoms with Crippen molar-refractivity contribution in [3.05, 3.63) is 66.0 Å². The van der Waals surface area contributed by atoms with Gasteiger partial charge in [0.25, 0.3) is 5.91 Å². The molecule has 0 bridgehead atoms. The number of nitrogens with one attached hydrogen (secondary N) is 1. The van der Waals surface area contributed by atoms with Crippen molar-refractivity contribution in [2.45, 2.75) is 25.9 Å². The van der Waals surface area contributed by atoms with Gasteiger partial charge in [0.15, 0.2) is 6.10 Å². The first-order valence-electron chi connectivity index (χ1n) is 7.43. The molecule has 0 spiro atoms. The number of amides is 1. The zero-order valence-corrected chi connectivity index (χ0v) is 12.6. The highest BCUT2D eigenvalue weighted by Gasteiger charge is 2.17. The topological polar surface area (TPSA) is 38.3 Å². The van der Waals surface area contributed by atoms with Gasteiger partial charge < -0.3 is 10.1 Å². The number of halogens is 1. The van der Waals surface area contributed by atoms with Gasteiger partial charge in [-0.1, -0.05) is 37.3 Å². The van der Waals surface area contributed by atoms with Gasteiger partial charge in [-0.15, -0.1) is 0 Å². The monoisotopic (exact) mass is 301 g/mol. The lowest BCUT2D eigenvalue weighted by Crippen LogP contribution is -2.38. The van der Waals surface area contributed by atoms with Crippen LogP contribution in [0, 0.1) is 5.82 Å². The molecule has 1 amide bonds. The molecule has 0 unspecified atom stereocenters. The fourth-order valence-corrected chi connectivity index (χ4v) is 2.09. The maximum atomic E-state index is 12.9. The molecular formula is C18H20FNO2. The third-order valence-corrected chi connectivity index (χ3v) is 3.31. The minimum absolute atomic E-state index is 0.150. The van der Waals surface area contributed by atoms with Crippen molar-refractivity contribution in [2.75, 3.05) is 6.54 Å². The summed E-state index contributed by atoms with van der Waals surface area (Å²) in [5.41, 5.74) is 1.18. The summed E-state index contributed by atoms with van der Waals surface area (Å²) < 4.78 is 18.5. The second-order valence-corrected chi connectivity index (χ2v) is 5.00. The third-order valence-electron chi connectivity index (χ3n) is 3.31. The van der Waals surface area contributed by atoms with Gasteiger partial charge >= 0.3 is 0 Å². The zero-order valence-electron chi connectivity index (χ0n) is 12.6. The molecule has 2 aromatic rings. The maximum Gasteiger partial charge on any atom is 0.261 e. The van der Waals surface area contributed by atoms with Crippen LogP contribution in [0.3, 0.4) is 0 Å². The number of hydrogen-bond acceptors (Lipinski definition) is 2. The van der Waals surface area contributed by atoms with E-state index in [4.69, 9.17) is 4.74 Å². The average Bonchev–Trinajstić information content (AvgIpc) is 2.55. The van der Waals surface area contributed by atoms with Crippen LogP contribution in [0.1, 0.15) is 18.9 Å². The highest BCUT2D eigenvalue weighted by atomic mass is 19.1. The first kappa shape index (κ1) is 16.0. The normalized spacial score (nSPS) is 11.7. The first-order chi connectivity index (χ1) is 10.7. The van der Waals surface area contributed by atoms with Gasteiger partial charge in [-0.2, -0.15) is 0 Å². The van der Waals surface area contributed by atoms with Crippen LogP contribution in [0.5, 0.6) is 5.75 Å².